The molecule has 0 saturated heterocycles. The van der Waals surface area contributed by atoms with Crippen LogP contribution < -0.4 is 4.74 Å². The van der Waals surface area contributed by atoms with Crippen molar-refractivity contribution in [2.45, 2.75) is 30.6 Å². The molecular formula is C16H18N2OS. The van der Waals surface area contributed by atoms with E-state index in [0.29, 0.717) is 11.8 Å². The highest BCUT2D eigenvalue weighted by molar-refractivity contribution is 7.99. The fraction of sp³-hybridized carbons (Fsp3) is 0.375. The summed E-state index contributed by atoms with van der Waals surface area (Å²) in [5.74, 6) is 3.28. The first kappa shape index (κ1) is 13.4. The molecule has 4 heterocycles. The number of fused-ring (bicyclic) bond motifs is 2. The first-order chi connectivity index (χ1) is 9.75. The summed E-state index contributed by atoms with van der Waals surface area (Å²) in [6, 6.07) is 8.02. The third-order valence-corrected chi connectivity index (χ3v) is 4.83. The van der Waals surface area contributed by atoms with Crippen LogP contribution in [0.25, 0.3) is 0 Å². The molecule has 4 rings (SSSR count). The Hall–Kier alpha value is -1.55. The lowest BCUT2D eigenvalue weighted by molar-refractivity contribution is 0.337. The fourth-order valence-electron chi connectivity index (χ4n) is 2.38. The molecule has 0 radical (unpaired) electrons. The molecule has 2 aromatic heterocycles. The SMILES string of the molecule is CC1COc2cccnc21.CC1CSc2cccnc21. The molecule has 2 aromatic rings. The number of nitrogens with zero attached hydrogens (tertiary/aromatic N) is 2. The maximum absolute atomic E-state index is 5.35. The molecule has 0 spiro atoms. The molecule has 2 atom stereocenters. The molecule has 3 nitrogen and oxygen atoms in total. The smallest absolute Gasteiger partial charge is 0.141 e. The van der Waals surface area contributed by atoms with Gasteiger partial charge in [0.2, 0.25) is 0 Å². The molecule has 2 unspecified atom stereocenters. The standard InChI is InChI=1S/C8H9NO.C8H9NS/c2*1-6-5-10-7-3-2-4-9-8(6)7/h2*2-4,6H,5H2,1H3. The van der Waals surface area contributed by atoms with Crippen LogP contribution in [0.1, 0.15) is 37.1 Å². The number of hydrogen-bond donors (Lipinski definition) is 0. The second kappa shape index (κ2) is 5.83. The van der Waals surface area contributed by atoms with E-state index in [1.54, 1.807) is 0 Å². The lowest BCUT2D eigenvalue weighted by atomic mass is 10.1. The number of rotatable bonds is 0. The van der Waals surface area contributed by atoms with Crippen LogP contribution in [-0.2, 0) is 0 Å². The zero-order valence-electron chi connectivity index (χ0n) is 11.7. The molecule has 4 heteroatoms. The number of aromatic nitrogens is 2. The normalized spacial score (nSPS) is 22.3. The second-order valence-electron chi connectivity index (χ2n) is 5.20. The summed E-state index contributed by atoms with van der Waals surface area (Å²) in [5.41, 5.74) is 2.38. The van der Waals surface area contributed by atoms with E-state index in [2.05, 4.69) is 29.9 Å². The van der Waals surface area contributed by atoms with E-state index < -0.39 is 0 Å². The first-order valence-corrected chi connectivity index (χ1v) is 7.89. The van der Waals surface area contributed by atoms with Crippen LogP contribution in [0.2, 0.25) is 0 Å². The van der Waals surface area contributed by atoms with E-state index in [0.717, 1.165) is 18.1 Å². The summed E-state index contributed by atoms with van der Waals surface area (Å²) < 4.78 is 5.35. The highest BCUT2D eigenvalue weighted by Crippen LogP contribution is 2.37. The Morgan fingerprint density at radius 2 is 1.80 bits per heavy atom. The highest BCUT2D eigenvalue weighted by Gasteiger charge is 2.20. The molecule has 0 aromatic carbocycles. The minimum Gasteiger partial charge on any atom is -0.491 e. The van der Waals surface area contributed by atoms with Crippen LogP contribution >= 0.6 is 11.8 Å². The van der Waals surface area contributed by atoms with Crippen molar-refractivity contribution in [3.05, 3.63) is 48.0 Å². The fourth-order valence-corrected chi connectivity index (χ4v) is 3.54. The van der Waals surface area contributed by atoms with Gasteiger partial charge >= 0.3 is 0 Å². The van der Waals surface area contributed by atoms with Crippen LogP contribution in [0, 0.1) is 0 Å². The van der Waals surface area contributed by atoms with Crippen molar-refractivity contribution in [1.29, 1.82) is 0 Å². The maximum atomic E-state index is 5.35. The van der Waals surface area contributed by atoms with Gasteiger partial charge < -0.3 is 4.74 Å². The van der Waals surface area contributed by atoms with Crippen molar-refractivity contribution in [1.82, 2.24) is 9.97 Å². The zero-order chi connectivity index (χ0) is 13.9. The Balaban J connectivity index is 0.000000121. The second-order valence-corrected chi connectivity index (χ2v) is 6.26. The van der Waals surface area contributed by atoms with E-state index >= 15 is 0 Å². The van der Waals surface area contributed by atoms with Gasteiger partial charge in [0.1, 0.15) is 5.75 Å². The molecule has 0 amide bonds. The van der Waals surface area contributed by atoms with E-state index in [9.17, 15) is 0 Å². The molecule has 104 valence electrons. The van der Waals surface area contributed by atoms with Gasteiger partial charge in [-0.25, -0.2) is 0 Å². The van der Waals surface area contributed by atoms with E-state index in [1.165, 1.54) is 16.3 Å². The van der Waals surface area contributed by atoms with Crippen LogP contribution in [0.4, 0.5) is 0 Å². The average Bonchev–Trinajstić information content (AvgIpc) is 3.05. The summed E-state index contributed by atoms with van der Waals surface area (Å²) in [5, 5.41) is 0. The van der Waals surface area contributed by atoms with Crippen LogP contribution in [0.3, 0.4) is 0 Å². The first-order valence-electron chi connectivity index (χ1n) is 6.91. The predicted octanol–water partition coefficient (Wildman–Crippen LogP) is 3.87. The summed E-state index contributed by atoms with van der Waals surface area (Å²) in [6.07, 6.45) is 3.69. The summed E-state index contributed by atoms with van der Waals surface area (Å²) in [4.78, 5) is 9.91. The van der Waals surface area contributed by atoms with E-state index in [1.807, 2.05) is 42.4 Å². The van der Waals surface area contributed by atoms with Crippen LogP contribution in [-0.4, -0.2) is 22.3 Å². The molecule has 0 saturated carbocycles. The number of pyridine rings is 2. The summed E-state index contributed by atoms with van der Waals surface area (Å²) in [7, 11) is 0. The van der Waals surface area contributed by atoms with Gasteiger partial charge in [0.25, 0.3) is 0 Å². The number of ether oxygens (including phenoxy) is 1. The minimum absolute atomic E-state index is 0.469. The van der Waals surface area contributed by atoms with Gasteiger partial charge in [0, 0.05) is 34.9 Å². The Morgan fingerprint density at radius 1 is 1.05 bits per heavy atom. The van der Waals surface area contributed by atoms with E-state index in [-0.39, 0.29) is 0 Å². The summed E-state index contributed by atoms with van der Waals surface area (Å²) in [6.45, 7) is 5.14. The van der Waals surface area contributed by atoms with Gasteiger partial charge in [0.05, 0.1) is 18.0 Å². The monoisotopic (exact) mass is 286 g/mol. The van der Waals surface area contributed by atoms with Crippen LogP contribution in [0.15, 0.2) is 41.6 Å². The Bertz CT molecular complexity index is 549. The van der Waals surface area contributed by atoms with E-state index in [4.69, 9.17) is 4.74 Å². The third kappa shape index (κ3) is 2.66. The van der Waals surface area contributed by atoms with Gasteiger partial charge in [-0.1, -0.05) is 13.8 Å². The van der Waals surface area contributed by atoms with Crippen molar-refractivity contribution >= 4 is 11.8 Å². The maximum Gasteiger partial charge on any atom is 0.141 e. The Labute approximate surface area is 123 Å². The number of hydrogen-bond acceptors (Lipinski definition) is 4. The van der Waals surface area contributed by atoms with Crippen molar-refractivity contribution in [3.63, 3.8) is 0 Å². The number of thioether (sulfide) groups is 1. The van der Waals surface area contributed by atoms with Crippen molar-refractivity contribution in [2.24, 2.45) is 0 Å². The Morgan fingerprint density at radius 3 is 2.55 bits per heavy atom. The van der Waals surface area contributed by atoms with Crippen molar-refractivity contribution < 1.29 is 4.74 Å². The summed E-state index contributed by atoms with van der Waals surface area (Å²) >= 11 is 1.91. The molecule has 2 aliphatic heterocycles. The molecule has 20 heavy (non-hydrogen) atoms. The Kier molecular flexibility index (Phi) is 3.92. The van der Waals surface area contributed by atoms with Gasteiger partial charge in [-0.2, -0.15) is 0 Å². The molecule has 0 fully saturated rings. The highest BCUT2D eigenvalue weighted by atomic mass is 32.2. The van der Waals surface area contributed by atoms with Gasteiger partial charge in [-0.15, -0.1) is 11.8 Å². The van der Waals surface area contributed by atoms with Gasteiger partial charge in [0.15, 0.2) is 0 Å². The minimum atomic E-state index is 0.469. The van der Waals surface area contributed by atoms with Gasteiger partial charge in [-0.3, -0.25) is 9.97 Å². The van der Waals surface area contributed by atoms with Crippen molar-refractivity contribution in [3.8, 4) is 5.75 Å². The lowest BCUT2D eigenvalue weighted by Gasteiger charge is -1.98. The topological polar surface area (TPSA) is 35.0 Å². The average molecular weight is 286 g/mol. The third-order valence-electron chi connectivity index (χ3n) is 3.51. The lowest BCUT2D eigenvalue weighted by Crippen LogP contribution is -1.94. The zero-order valence-corrected chi connectivity index (χ0v) is 12.6. The van der Waals surface area contributed by atoms with Crippen molar-refractivity contribution in [2.75, 3.05) is 12.4 Å². The molecule has 0 N–H and O–H groups in total. The largest absolute Gasteiger partial charge is 0.491 e. The van der Waals surface area contributed by atoms with Crippen LogP contribution in [0.5, 0.6) is 5.75 Å². The molecular weight excluding hydrogens is 268 g/mol. The molecule has 0 aliphatic carbocycles. The molecule has 0 bridgehead atoms. The predicted molar refractivity (Wildman–Crippen MR) is 81.5 cm³/mol. The quantitative estimate of drug-likeness (QED) is 0.736. The van der Waals surface area contributed by atoms with Gasteiger partial charge in [-0.05, 0) is 24.3 Å². The molecule has 2 aliphatic rings.